The van der Waals surface area contributed by atoms with E-state index in [9.17, 15) is 25.2 Å². The molecular formula is C20H22O5. The van der Waals surface area contributed by atoms with Crippen LogP contribution in [-0.4, -0.2) is 26.2 Å². The van der Waals surface area contributed by atoms with Crippen molar-refractivity contribution >= 4 is 11.9 Å². The van der Waals surface area contributed by atoms with E-state index in [1.54, 1.807) is 12.1 Å². The van der Waals surface area contributed by atoms with Gasteiger partial charge in [-0.15, -0.1) is 0 Å². The molecule has 0 heterocycles. The Morgan fingerprint density at radius 1 is 1.04 bits per heavy atom. The van der Waals surface area contributed by atoms with Gasteiger partial charge in [0.1, 0.15) is 28.6 Å². The van der Waals surface area contributed by atoms with Crippen LogP contribution in [0.2, 0.25) is 0 Å². The smallest absolute Gasteiger partial charge is 0.193 e. The number of hydrogen-bond donors (Lipinski definition) is 4. The largest absolute Gasteiger partial charge is 0.508 e. The van der Waals surface area contributed by atoms with Gasteiger partial charge in [0.15, 0.2) is 5.78 Å². The second-order valence-corrected chi connectivity index (χ2v) is 6.34. The van der Waals surface area contributed by atoms with Crippen molar-refractivity contribution in [2.75, 3.05) is 0 Å². The molecule has 0 spiro atoms. The second kappa shape index (κ2) is 7.75. The molecule has 2 aromatic carbocycles. The fraction of sp³-hybridized carbons (Fsp3) is 0.250. The molecule has 132 valence electrons. The fourth-order valence-electron chi connectivity index (χ4n) is 2.45. The highest BCUT2D eigenvalue weighted by Gasteiger charge is 2.21. The van der Waals surface area contributed by atoms with E-state index in [0.717, 1.165) is 12.5 Å². The number of allylic oxidation sites excluding steroid dienone is 1. The van der Waals surface area contributed by atoms with Crippen LogP contribution in [0.3, 0.4) is 0 Å². The predicted molar refractivity (Wildman–Crippen MR) is 96.1 cm³/mol. The maximum Gasteiger partial charge on any atom is 0.193 e. The Morgan fingerprint density at radius 2 is 1.68 bits per heavy atom. The Kier molecular flexibility index (Phi) is 5.70. The molecule has 4 N–H and O–H groups in total. The van der Waals surface area contributed by atoms with Crippen molar-refractivity contribution < 1.29 is 25.2 Å². The molecule has 0 radical (unpaired) electrons. The van der Waals surface area contributed by atoms with Gasteiger partial charge in [-0.05, 0) is 42.5 Å². The van der Waals surface area contributed by atoms with Gasteiger partial charge in [-0.2, -0.15) is 0 Å². The van der Waals surface area contributed by atoms with Gasteiger partial charge in [0.05, 0.1) is 0 Å². The standard InChI is InChI=1S/C20H22O5/c1-12(2)3-9-15-17(23)11-18(24)19(20(15)25)16(22)10-6-13-4-7-14(21)8-5-13/h4-8,10-12,21,23-25H,3,9H2,1-2H3/b10-6+. The third-order valence-corrected chi connectivity index (χ3v) is 3.90. The molecule has 5 heteroatoms. The van der Waals surface area contributed by atoms with Crippen molar-refractivity contribution in [1.29, 1.82) is 0 Å². The molecule has 0 aliphatic carbocycles. The van der Waals surface area contributed by atoms with E-state index in [0.29, 0.717) is 17.9 Å². The van der Waals surface area contributed by atoms with E-state index in [-0.39, 0.29) is 22.6 Å². The molecule has 0 bridgehead atoms. The minimum atomic E-state index is -0.575. The summed E-state index contributed by atoms with van der Waals surface area (Å²) in [6.07, 6.45) is 3.87. The molecule has 25 heavy (non-hydrogen) atoms. The number of carbonyl (C=O) groups excluding carboxylic acids is 1. The third-order valence-electron chi connectivity index (χ3n) is 3.90. The minimum absolute atomic E-state index is 0.118. The first-order valence-electron chi connectivity index (χ1n) is 8.07. The van der Waals surface area contributed by atoms with Crippen LogP contribution in [0.4, 0.5) is 0 Å². The van der Waals surface area contributed by atoms with Crippen molar-refractivity contribution in [3.63, 3.8) is 0 Å². The van der Waals surface area contributed by atoms with Crippen molar-refractivity contribution in [2.24, 2.45) is 5.92 Å². The molecule has 0 aromatic heterocycles. The monoisotopic (exact) mass is 342 g/mol. The lowest BCUT2D eigenvalue weighted by Crippen LogP contribution is -2.01. The molecule has 0 saturated carbocycles. The van der Waals surface area contributed by atoms with E-state index < -0.39 is 17.3 Å². The third kappa shape index (κ3) is 4.53. The van der Waals surface area contributed by atoms with Crippen LogP contribution in [0.5, 0.6) is 23.0 Å². The van der Waals surface area contributed by atoms with Crippen LogP contribution in [0.25, 0.3) is 6.08 Å². The van der Waals surface area contributed by atoms with Crippen molar-refractivity contribution in [1.82, 2.24) is 0 Å². The Bertz CT molecular complexity index is 789. The summed E-state index contributed by atoms with van der Waals surface area (Å²) in [5, 5.41) is 39.5. The van der Waals surface area contributed by atoms with Gasteiger partial charge in [-0.3, -0.25) is 4.79 Å². The molecule has 0 aliphatic heterocycles. The maximum atomic E-state index is 12.4. The zero-order valence-corrected chi connectivity index (χ0v) is 14.2. The van der Waals surface area contributed by atoms with Crippen LogP contribution < -0.4 is 0 Å². The number of rotatable bonds is 6. The second-order valence-electron chi connectivity index (χ2n) is 6.34. The van der Waals surface area contributed by atoms with Crippen LogP contribution in [0, 0.1) is 5.92 Å². The van der Waals surface area contributed by atoms with E-state index in [2.05, 4.69) is 0 Å². The van der Waals surface area contributed by atoms with Gasteiger partial charge in [0.2, 0.25) is 0 Å². The molecule has 0 unspecified atom stereocenters. The summed E-state index contributed by atoms with van der Waals surface area (Å²) < 4.78 is 0. The Morgan fingerprint density at radius 3 is 2.28 bits per heavy atom. The zero-order chi connectivity index (χ0) is 18.6. The number of phenolic OH excluding ortho intramolecular Hbond substituents is 4. The first-order valence-corrected chi connectivity index (χ1v) is 8.07. The summed E-state index contributed by atoms with van der Waals surface area (Å²) in [6, 6.07) is 7.32. The number of ketones is 1. The van der Waals surface area contributed by atoms with E-state index in [1.165, 1.54) is 24.3 Å². The normalized spacial score (nSPS) is 11.3. The molecule has 0 amide bonds. The van der Waals surface area contributed by atoms with Crippen LogP contribution in [-0.2, 0) is 6.42 Å². The zero-order valence-electron chi connectivity index (χ0n) is 14.2. The molecule has 0 aliphatic rings. The van der Waals surface area contributed by atoms with Gasteiger partial charge in [-0.1, -0.05) is 32.1 Å². The van der Waals surface area contributed by atoms with E-state index >= 15 is 0 Å². The highest BCUT2D eigenvalue weighted by molar-refractivity contribution is 6.10. The molecule has 0 fully saturated rings. The summed E-state index contributed by atoms with van der Waals surface area (Å²) in [7, 11) is 0. The SMILES string of the molecule is CC(C)CCc1c(O)cc(O)c(C(=O)/C=C/c2ccc(O)cc2)c1O. The molecular weight excluding hydrogens is 320 g/mol. The van der Waals surface area contributed by atoms with Crippen molar-refractivity contribution in [3.8, 4) is 23.0 Å². The lowest BCUT2D eigenvalue weighted by atomic mass is 9.96. The number of hydrogen-bond acceptors (Lipinski definition) is 5. The fourth-order valence-corrected chi connectivity index (χ4v) is 2.45. The van der Waals surface area contributed by atoms with Gasteiger partial charge in [0, 0.05) is 11.6 Å². The molecule has 2 aromatic rings. The van der Waals surface area contributed by atoms with Gasteiger partial charge < -0.3 is 20.4 Å². The number of benzene rings is 2. The van der Waals surface area contributed by atoms with Crippen LogP contribution >= 0.6 is 0 Å². The summed E-state index contributed by atoms with van der Waals surface area (Å²) in [4.78, 5) is 12.4. The molecule has 0 atom stereocenters. The lowest BCUT2D eigenvalue weighted by molar-refractivity contribution is 0.104. The van der Waals surface area contributed by atoms with Gasteiger partial charge in [0.25, 0.3) is 0 Å². The predicted octanol–water partition coefficient (Wildman–Crippen LogP) is 3.99. The highest BCUT2D eigenvalue weighted by Crippen LogP contribution is 2.39. The summed E-state index contributed by atoms with van der Waals surface area (Å²) in [6.45, 7) is 4.03. The number of phenols is 4. The quantitative estimate of drug-likeness (QED) is 0.470. The molecule has 0 saturated heterocycles. The minimum Gasteiger partial charge on any atom is -0.508 e. The average Bonchev–Trinajstić information content (AvgIpc) is 2.53. The summed E-state index contributed by atoms with van der Waals surface area (Å²) >= 11 is 0. The topological polar surface area (TPSA) is 98.0 Å². The van der Waals surface area contributed by atoms with E-state index in [4.69, 9.17) is 0 Å². The molecule has 5 nitrogen and oxygen atoms in total. The summed E-state index contributed by atoms with van der Waals surface area (Å²) in [5.41, 5.74) is 0.711. The van der Waals surface area contributed by atoms with Gasteiger partial charge in [-0.25, -0.2) is 0 Å². The Hall–Kier alpha value is -2.95. The first-order chi connectivity index (χ1) is 11.8. The summed E-state index contributed by atoms with van der Waals surface area (Å²) in [5.74, 6) is -1.18. The maximum absolute atomic E-state index is 12.4. The van der Waals surface area contributed by atoms with E-state index in [1.807, 2.05) is 13.8 Å². The average molecular weight is 342 g/mol. The van der Waals surface area contributed by atoms with Gasteiger partial charge >= 0.3 is 0 Å². The van der Waals surface area contributed by atoms with Crippen molar-refractivity contribution in [2.45, 2.75) is 26.7 Å². The highest BCUT2D eigenvalue weighted by atomic mass is 16.3. The van der Waals surface area contributed by atoms with Crippen LogP contribution in [0.1, 0.15) is 41.8 Å². The van der Waals surface area contributed by atoms with Crippen LogP contribution in [0.15, 0.2) is 36.4 Å². The van der Waals surface area contributed by atoms with Crippen molar-refractivity contribution in [3.05, 3.63) is 53.1 Å². The number of carbonyl (C=O) groups is 1. The number of aromatic hydroxyl groups is 4. The molecule has 2 rings (SSSR count). The Labute approximate surface area is 146 Å². The first kappa shape index (κ1) is 18.4. The Balaban J connectivity index is 2.32. The lowest BCUT2D eigenvalue weighted by Gasteiger charge is -2.13.